The number of ether oxygens (including phenoxy) is 1. The Morgan fingerprint density at radius 2 is 2.28 bits per heavy atom. The third kappa shape index (κ3) is 4.00. The van der Waals surface area contributed by atoms with Gasteiger partial charge in [-0.2, -0.15) is 0 Å². The van der Waals surface area contributed by atoms with E-state index in [9.17, 15) is 0 Å². The van der Waals surface area contributed by atoms with Crippen molar-refractivity contribution in [3.63, 3.8) is 0 Å². The fraction of sp³-hybridized carbons (Fsp3) is 0.600. The number of hydrogen-bond donors (Lipinski definition) is 2. The molecule has 2 N–H and O–H groups in total. The molecule has 1 aliphatic heterocycles. The number of benzene rings is 1. The lowest BCUT2D eigenvalue weighted by atomic mass is 10.1. The van der Waals surface area contributed by atoms with E-state index in [1.165, 1.54) is 12.0 Å². The largest absolute Gasteiger partial charge is 0.396 e. The summed E-state index contributed by atoms with van der Waals surface area (Å²) in [7, 11) is 0. The molecule has 1 aromatic carbocycles. The van der Waals surface area contributed by atoms with Crippen molar-refractivity contribution in [3.8, 4) is 0 Å². The SMILES string of the molecule is CC1CCC(CNc2cccc(CCCO)c2)O1. The van der Waals surface area contributed by atoms with E-state index in [0.29, 0.717) is 12.2 Å². The van der Waals surface area contributed by atoms with E-state index in [1.54, 1.807) is 0 Å². The Labute approximate surface area is 109 Å². The third-order valence-electron chi connectivity index (χ3n) is 3.40. The van der Waals surface area contributed by atoms with Crippen molar-refractivity contribution in [2.24, 2.45) is 0 Å². The molecule has 0 radical (unpaired) electrons. The zero-order chi connectivity index (χ0) is 12.8. The maximum atomic E-state index is 8.84. The van der Waals surface area contributed by atoms with E-state index in [2.05, 4.69) is 36.5 Å². The first kappa shape index (κ1) is 13.4. The Hall–Kier alpha value is -1.06. The number of rotatable bonds is 6. The van der Waals surface area contributed by atoms with E-state index in [1.807, 2.05) is 0 Å². The molecule has 1 fully saturated rings. The third-order valence-corrected chi connectivity index (χ3v) is 3.40. The van der Waals surface area contributed by atoms with Crippen LogP contribution in [0.25, 0.3) is 0 Å². The molecular formula is C15H23NO2. The molecule has 1 saturated heterocycles. The monoisotopic (exact) mass is 249 g/mol. The smallest absolute Gasteiger partial charge is 0.0751 e. The van der Waals surface area contributed by atoms with Gasteiger partial charge < -0.3 is 15.2 Å². The maximum absolute atomic E-state index is 8.84. The quantitative estimate of drug-likeness (QED) is 0.814. The van der Waals surface area contributed by atoms with E-state index < -0.39 is 0 Å². The molecule has 1 heterocycles. The molecule has 0 aliphatic carbocycles. The van der Waals surface area contributed by atoms with Gasteiger partial charge in [0.05, 0.1) is 12.2 Å². The molecule has 3 nitrogen and oxygen atoms in total. The van der Waals surface area contributed by atoms with Gasteiger partial charge in [-0.1, -0.05) is 12.1 Å². The van der Waals surface area contributed by atoms with Crippen LogP contribution < -0.4 is 5.32 Å². The predicted molar refractivity (Wildman–Crippen MR) is 73.9 cm³/mol. The summed E-state index contributed by atoms with van der Waals surface area (Å²) in [5.74, 6) is 0. The average molecular weight is 249 g/mol. The van der Waals surface area contributed by atoms with Crippen LogP contribution in [-0.2, 0) is 11.2 Å². The summed E-state index contributed by atoms with van der Waals surface area (Å²) in [5.41, 5.74) is 2.42. The Kier molecular flexibility index (Phi) is 5.02. The van der Waals surface area contributed by atoms with Gasteiger partial charge >= 0.3 is 0 Å². The highest BCUT2D eigenvalue weighted by molar-refractivity contribution is 5.45. The van der Waals surface area contributed by atoms with Gasteiger partial charge in [-0.15, -0.1) is 0 Å². The van der Waals surface area contributed by atoms with Crippen molar-refractivity contribution in [1.82, 2.24) is 0 Å². The van der Waals surface area contributed by atoms with Crippen LogP contribution >= 0.6 is 0 Å². The van der Waals surface area contributed by atoms with Crippen molar-refractivity contribution in [2.45, 2.75) is 44.8 Å². The number of aliphatic hydroxyl groups is 1. The van der Waals surface area contributed by atoms with Crippen LogP contribution in [0.15, 0.2) is 24.3 Å². The lowest BCUT2D eigenvalue weighted by Crippen LogP contribution is -2.19. The van der Waals surface area contributed by atoms with Crippen LogP contribution in [0.3, 0.4) is 0 Å². The summed E-state index contributed by atoms with van der Waals surface area (Å²) in [6, 6.07) is 8.41. The lowest BCUT2D eigenvalue weighted by molar-refractivity contribution is 0.0637. The van der Waals surface area contributed by atoms with Gasteiger partial charge in [-0.05, 0) is 50.3 Å². The van der Waals surface area contributed by atoms with Gasteiger partial charge in [-0.3, -0.25) is 0 Å². The second kappa shape index (κ2) is 6.76. The Balaban J connectivity index is 1.81. The first-order chi connectivity index (χ1) is 8.78. The second-order valence-electron chi connectivity index (χ2n) is 5.05. The molecule has 1 aliphatic rings. The molecule has 0 spiro atoms. The van der Waals surface area contributed by atoms with Crippen LogP contribution in [0.2, 0.25) is 0 Å². The molecule has 0 amide bonds. The van der Waals surface area contributed by atoms with Crippen molar-refractivity contribution in [3.05, 3.63) is 29.8 Å². The first-order valence-electron chi connectivity index (χ1n) is 6.87. The predicted octanol–water partition coefficient (Wildman–Crippen LogP) is 2.59. The highest BCUT2D eigenvalue weighted by atomic mass is 16.5. The summed E-state index contributed by atoms with van der Waals surface area (Å²) < 4.78 is 5.78. The number of hydrogen-bond acceptors (Lipinski definition) is 3. The molecular weight excluding hydrogens is 226 g/mol. The van der Waals surface area contributed by atoms with Gasteiger partial charge in [0.25, 0.3) is 0 Å². The number of nitrogens with one attached hydrogen (secondary N) is 1. The van der Waals surface area contributed by atoms with Gasteiger partial charge in [0.15, 0.2) is 0 Å². The number of aliphatic hydroxyl groups excluding tert-OH is 1. The molecule has 0 saturated carbocycles. The second-order valence-corrected chi connectivity index (χ2v) is 5.05. The van der Waals surface area contributed by atoms with E-state index >= 15 is 0 Å². The minimum atomic E-state index is 0.255. The zero-order valence-electron chi connectivity index (χ0n) is 11.1. The zero-order valence-corrected chi connectivity index (χ0v) is 11.1. The van der Waals surface area contributed by atoms with E-state index in [4.69, 9.17) is 9.84 Å². The maximum Gasteiger partial charge on any atom is 0.0751 e. The first-order valence-corrected chi connectivity index (χ1v) is 6.87. The summed E-state index contributed by atoms with van der Waals surface area (Å²) in [4.78, 5) is 0. The average Bonchev–Trinajstić information content (AvgIpc) is 2.80. The summed E-state index contributed by atoms with van der Waals surface area (Å²) in [5, 5.41) is 12.3. The summed E-state index contributed by atoms with van der Waals surface area (Å²) in [6.07, 6.45) is 4.84. The lowest BCUT2D eigenvalue weighted by Gasteiger charge is -2.13. The molecule has 100 valence electrons. The fourth-order valence-corrected chi connectivity index (χ4v) is 2.39. The molecule has 2 unspecified atom stereocenters. The van der Waals surface area contributed by atoms with Crippen molar-refractivity contribution in [1.29, 1.82) is 0 Å². The van der Waals surface area contributed by atoms with Crippen LogP contribution in [0.4, 0.5) is 5.69 Å². The molecule has 0 bridgehead atoms. The van der Waals surface area contributed by atoms with Gasteiger partial charge in [-0.25, -0.2) is 0 Å². The molecule has 0 aromatic heterocycles. The van der Waals surface area contributed by atoms with Gasteiger partial charge in [0.1, 0.15) is 0 Å². The van der Waals surface area contributed by atoms with E-state index in [-0.39, 0.29) is 6.61 Å². The van der Waals surface area contributed by atoms with Crippen molar-refractivity contribution < 1.29 is 9.84 Å². The summed E-state index contributed by atoms with van der Waals surface area (Å²) >= 11 is 0. The van der Waals surface area contributed by atoms with E-state index in [0.717, 1.165) is 31.5 Å². The topological polar surface area (TPSA) is 41.5 Å². The van der Waals surface area contributed by atoms with Gasteiger partial charge in [0, 0.05) is 18.8 Å². The molecule has 3 heteroatoms. The standard InChI is InChI=1S/C15H23NO2/c1-12-7-8-15(18-12)11-16-14-6-2-4-13(10-14)5-3-9-17/h2,4,6,10,12,15-17H,3,5,7-9,11H2,1H3. The van der Waals surface area contributed by atoms with Crippen LogP contribution in [0.1, 0.15) is 31.7 Å². The van der Waals surface area contributed by atoms with Crippen molar-refractivity contribution >= 4 is 5.69 Å². The van der Waals surface area contributed by atoms with Crippen LogP contribution in [-0.4, -0.2) is 30.5 Å². The number of aryl methyl sites for hydroxylation is 1. The molecule has 2 atom stereocenters. The van der Waals surface area contributed by atoms with Crippen LogP contribution in [0.5, 0.6) is 0 Å². The highest BCUT2D eigenvalue weighted by Crippen LogP contribution is 2.20. The Morgan fingerprint density at radius 3 is 3.00 bits per heavy atom. The fourth-order valence-electron chi connectivity index (χ4n) is 2.39. The summed E-state index contributed by atoms with van der Waals surface area (Å²) in [6.45, 7) is 3.27. The van der Waals surface area contributed by atoms with Crippen LogP contribution in [0, 0.1) is 0 Å². The minimum Gasteiger partial charge on any atom is -0.396 e. The van der Waals surface area contributed by atoms with Gasteiger partial charge in [0.2, 0.25) is 0 Å². The minimum absolute atomic E-state index is 0.255. The Morgan fingerprint density at radius 1 is 1.39 bits per heavy atom. The number of anilines is 1. The molecule has 1 aromatic rings. The molecule has 18 heavy (non-hydrogen) atoms. The Bertz CT molecular complexity index is 367. The normalized spacial score (nSPS) is 23.2. The molecule has 2 rings (SSSR count). The van der Waals surface area contributed by atoms with Crippen molar-refractivity contribution in [2.75, 3.05) is 18.5 Å². The highest BCUT2D eigenvalue weighted by Gasteiger charge is 2.21.